The first-order valence-corrected chi connectivity index (χ1v) is 13.0. The van der Waals surface area contributed by atoms with E-state index in [1.807, 2.05) is 19.9 Å². The van der Waals surface area contributed by atoms with Crippen molar-refractivity contribution >= 4 is 6.09 Å². The molecule has 1 aliphatic rings. The quantitative estimate of drug-likeness (QED) is 0.186. The smallest absolute Gasteiger partial charge is 0.407 e. The Balaban J connectivity index is 0.00000209. The highest BCUT2D eigenvalue weighted by molar-refractivity contribution is 5.67. The Morgan fingerprint density at radius 2 is 1.74 bits per heavy atom. The molecule has 0 bridgehead atoms. The van der Waals surface area contributed by atoms with Crippen molar-refractivity contribution in [3.8, 4) is 0 Å². The lowest BCUT2D eigenvalue weighted by Gasteiger charge is -2.47. The van der Waals surface area contributed by atoms with E-state index in [1.165, 1.54) is 6.42 Å². The van der Waals surface area contributed by atoms with Crippen LogP contribution in [0.1, 0.15) is 94.4 Å². The van der Waals surface area contributed by atoms with Crippen LogP contribution in [0.15, 0.2) is 11.6 Å². The minimum absolute atomic E-state index is 0.0368. The van der Waals surface area contributed by atoms with Gasteiger partial charge < -0.3 is 30.5 Å². The summed E-state index contributed by atoms with van der Waals surface area (Å²) in [4.78, 5) is 12.2. The molecule has 6 N–H and O–H groups in total. The fourth-order valence-electron chi connectivity index (χ4n) is 4.54. The van der Waals surface area contributed by atoms with Crippen LogP contribution in [0.2, 0.25) is 0 Å². The van der Waals surface area contributed by atoms with Crippen molar-refractivity contribution in [2.75, 3.05) is 19.8 Å². The molecule has 4 atom stereocenters. The summed E-state index contributed by atoms with van der Waals surface area (Å²) in [5.41, 5.74) is -0.577. The molecule has 0 spiro atoms. The number of hydrogen-bond acceptors (Lipinski definition) is 7. The van der Waals surface area contributed by atoms with Crippen LogP contribution in [-0.4, -0.2) is 64.8 Å². The molecule has 1 rings (SSSR count). The molecule has 0 aromatic heterocycles. The highest BCUT2D eigenvalue weighted by atomic mass is 16.6. The van der Waals surface area contributed by atoms with Crippen LogP contribution in [0.3, 0.4) is 0 Å². The van der Waals surface area contributed by atoms with E-state index in [0.29, 0.717) is 6.54 Å². The fourth-order valence-corrected chi connectivity index (χ4v) is 4.54. The molecule has 0 heterocycles. The number of aliphatic hydroxyl groups excluding tert-OH is 3. The molecule has 8 nitrogen and oxygen atoms in total. The second kappa shape index (κ2) is 15.2. The predicted molar refractivity (Wildman–Crippen MR) is 141 cm³/mol. The van der Waals surface area contributed by atoms with Gasteiger partial charge in [-0.15, -0.1) is 0 Å². The summed E-state index contributed by atoms with van der Waals surface area (Å²) in [6, 6.07) is 0.105. The Kier molecular flexibility index (Phi) is 14.6. The zero-order valence-electron chi connectivity index (χ0n) is 23.6. The predicted octanol–water partition coefficient (Wildman–Crippen LogP) is 3.92. The maximum Gasteiger partial charge on any atom is 0.407 e. The summed E-state index contributed by atoms with van der Waals surface area (Å²) >= 11 is 0. The van der Waals surface area contributed by atoms with Gasteiger partial charge in [-0.05, 0) is 61.9 Å². The molecule has 8 heteroatoms. The van der Waals surface area contributed by atoms with Gasteiger partial charge in [-0.3, -0.25) is 5.32 Å². The number of carbonyl (C=O) groups is 1. The van der Waals surface area contributed by atoms with Crippen LogP contribution in [-0.2, 0) is 4.74 Å². The summed E-state index contributed by atoms with van der Waals surface area (Å²) in [7, 11) is 0. The number of allylic oxidation sites excluding steroid dienone is 1. The van der Waals surface area contributed by atoms with Gasteiger partial charge in [-0.25, -0.2) is 4.79 Å². The Hall–Kier alpha value is -1.19. The van der Waals surface area contributed by atoms with Crippen molar-refractivity contribution < 1.29 is 30.0 Å². The molecule has 0 aliphatic heterocycles. The summed E-state index contributed by atoms with van der Waals surface area (Å²) in [5.74, 6) is 0.884. The van der Waals surface area contributed by atoms with Crippen molar-refractivity contribution in [1.29, 1.82) is 0 Å². The normalized spacial score (nSPS) is 24.9. The molecular weight excluding hydrogens is 448 g/mol. The Bertz CT molecular complexity index is 646. The summed E-state index contributed by atoms with van der Waals surface area (Å²) in [6.45, 7) is 18.2. The van der Waals surface area contributed by atoms with Crippen molar-refractivity contribution in [2.45, 2.75) is 113 Å². The number of rotatable bonds is 11. The third-order valence-corrected chi connectivity index (χ3v) is 7.26. The lowest BCUT2D eigenvalue weighted by molar-refractivity contribution is -0.169. The number of ether oxygens (including phenoxy) is 1. The second-order valence-corrected chi connectivity index (χ2v) is 11.8. The van der Waals surface area contributed by atoms with Gasteiger partial charge in [0.25, 0.3) is 0 Å². The van der Waals surface area contributed by atoms with Gasteiger partial charge in [-0.1, -0.05) is 61.0 Å². The largest absolute Gasteiger partial charge is 0.449 e. The molecule has 0 radical (unpaired) electrons. The van der Waals surface area contributed by atoms with Crippen LogP contribution in [0.25, 0.3) is 0 Å². The topological polar surface area (TPSA) is 131 Å². The van der Waals surface area contributed by atoms with Gasteiger partial charge >= 0.3 is 6.09 Å². The average molecular weight is 503 g/mol. The number of hydrogen-bond donors (Lipinski definition) is 6. The van der Waals surface area contributed by atoms with Crippen LogP contribution in [0, 0.1) is 22.2 Å². The van der Waals surface area contributed by atoms with Crippen molar-refractivity contribution in [3.63, 3.8) is 0 Å². The summed E-state index contributed by atoms with van der Waals surface area (Å²) in [6.07, 6.45) is 2.93. The van der Waals surface area contributed by atoms with Gasteiger partial charge in [0, 0.05) is 12.6 Å². The average Bonchev–Trinajstić information content (AvgIpc) is 2.76. The van der Waals surface area contributed by atoms with Crippen molar-refractivity contribution in [3.05, 3.63) is 11.6 Å². The zero-order valence-corrected chi connectivity index (χ0v) is 23.6. The molecule has 0 aromatic carbocycles. The number of amides is 1. The van der Waals surface area contributed by atoms with Crippen LogP contribution in [0.5, 0.6) is 0 Å². The van der Waals surface area contributed by atoms with E-state index in [9.17, 15) is 25.2 Å². The lowest BCUT2D eigenvalue weighted by atomic mass is 9.62. The Morgan fingerprint density at radius 1 is 1.17 bits per heavy atom. The molecule has 208 valence electrons. The van der Waals surface area contributed by atoms with Crippen LogP contribution in [0.4, 0.5) is 4.79 Å². The van der Waals surface area contributed by atoms with E-state index in [-0.39, 0.29) is 29.9 Å². The zero-order chi connectivity index (χ0) is 27.4. The Morgan fingerprint density at radius 3 is 2.17 bits per heavy atom. The van der Waals surface area contributed by atoms with E-state index < -0.39 is 30.6 Å². The van der Waals surface area contributed by atoms with Gasteiger partial charge in [0.15, 0.2) is 6.29 Å². The molecule has 4 unspecified atom stereocenters. The first kappa shape index (κ1) is 33.8. The minimum Gasteiger partial charge on any atom is -0.449 e. The Labute approximate surface area is 213 Å². The molecular formula is C27H54N2O6. The van der Waals surface area contributed by atoms with E-state index in [4.69, 9.17) is 4.74 Å². The summed E-state index contributed by atoms with van der Waals surface area (Å²) in [5, 5.41) is 45.0. The SMILES string of the molecule is C/C=C(/C)C(O)NC1CC(C)(C)CC(C)(CNC(=O)OCC(CC)(CO)C(O)O)C1.CCC(C)C. The third kappa shape index (κ3) is 12.1. The van der Waals surface area contributed by atoms with E-state index in [0.717, 1.165) is 30.8 Å². The molecule has 0 saturated heterocycles. The van der Waals surface area contributed by atoms with Gasteiger partial charge in [0.1, 0.15) is 12.8 Å². The standard InChI is InChI=1S/C22H42N2O6.C5H12/c1-7-15(3)17(26)24-16-9-20(4,5)11-21(6,10-16)12-23-19(29)30-14-22(8-2,13-25)18(27)28;1-4-5(2)3/h7,16-18,24-28H,8-14H2,1-6H3,(H,23,29);5H,4H2,1-3H3/b15-7-;. The number of nitrogens with one attached hydrogen (secondary N) is 2. The molecule has 0 aromatic rings. The van der Waals surface area contributed by atoms with E-state index in [2.05, 4.69) is 52.2 Å². The first-order valence-electron chi connectivity index (χ1n) is 13.0. The van der Waals surface area contributed by atoms with E-state index >= 15 is 0 Å². The van der Waals surface area contributed by atoms with Gasteiger partial charge in [0.05, 0.1) is 12.0 Å². The molecule has 35 heavy (non-hydrogen) atoms. The first-order chi connectivity index (χ1) is 16.1. The highest BCUT2D eigenvalue weighted by Gasteiger charge is 2.42. The monoisotopic (exact) mass is 502 g/mol. The van der Waals surface area contributed by atoms with Gasteiger partial charge in [-0.2, -0.15) is 0 Å². The lowest BCUT2D eigenvalue weighted by Crippen LogP contribution is -2.51. The van der Waals surface area contributed by atoms with Gasteiger partial charge in [0.2, 0.25) is 0 Å². The number of carbonyl (C=O) groups excluding carboxylic acids is 1. The van der Waals surface area contributed by atoms with Crippen LogP contribution < -0.4 is 10.6 Å². The van der Waals surface area contributed by atoms with E-state index in [1.54, 1.807) is 6.92 Å². The third-order valence-electron chi connectivity index (χ3n) is 7.26. The van der Waals surface area contributed by atoms with Crippen molar-refractivity contribution in [2.24, 2.45) is 22.2 Å². The summed E-state index contributed by atoms with van der Waals surface area (Å²) < 4.78 is 5.18. The van der Waals surface area contributed by atoms with Crippen molar-refractivity contribution in [1.82, 2.24) is 10.6 Å². The maximum atomic E-state index is 12.2. The van der Waals surface area contributed by atoms with Crippen LogP contribution >= 0.6 is 0 Å². The highest BCUT2D eigenvalue weighted by Crippen LogP contribution is 2.46. The molecule has 1 aliphatic carbocycles. The number of alkyl carbamates (subject to hydrolysis) is 1. The fraction of sp³-hybridized carbons (Fsp3) is 0.889. The minimum atomic E-state index is -1.78. The maximum absolute atomic E-state index is 12.2. The number of aliphatic hydroxyl groups is 4. The molecule has 1 fully saturated rings. The second-order valence-electron chi connectivity index (χ2n) is 11.8. The molecule has 1 amide bonds. The molecule has 1 saturated carbocycles.